The Bertz CT molecular complexity index is 1100. The van der Waals surface area contributed by atoms with Crippen molar-refractivity contribution in [2.75, 3.05) is 6.61 Å². The molecular formula is C20H16ClN3O3. The van der Waals surface area contributed by atoms with E-state index in [0.29, 0.717) is 27.9 Å². The van der Waals surface area contributed by atoms with Gasteiger partial charge in [0.15, 0.2) is 5.69 Å². The molecule has 1 aromatic heterocycles. The summed E-state index contributed by atoms with van der Waals surface area (Å²) in [5.41, 5.74) is 1.22. The molecule has 136 valence electrons. The van der Waals surface area contributed by atoms with Crippen molar-refractivity contribution in [1.82, 2.24) is 15.5 Å². The summed E-state index contributed by atoms with van der Waals surface area (Å²) < 4.78 is 0. The number of aromatic amines is 1. The first-order valence-corrected chi connectivity index (χ1v) is 8.61. The van der Waals surface area contributed by atoms with Crippen molar-refractivity contribution in [1.29, 1.82) is 0 Å². The summed E-state index contributed by atoms with van der Waals surface area (Å²) in [5, 5.41) is 19.1. The molecule has 0 saturated carbocycles. The van der Waals surface area contributed by atoms with Crippen molar-refractivity contribution in [3.8, 4) is 11.8 Å². The maximum atomic E-state index is 12.7. The van der Waals surface area contributed by atoms with Crippen molar-refractivity contribution in [2.24, 2.45) is 0 Å². The van der Waals surface area contributed by atoms with Crippen molar-refractivity contribution >= 4 is 28.4 Å². The van der Waals surface area contributed by atoms with Crippen LogP contribution in [0.5, 0.6) is 0 Å². The van der Waals surface area contributed by atoms with Gasteiger partial charge in [-0.1, -0.05) is 41.6 Å². The van der Waals surface area contributed by atoms with Gasteiger partial charge in [0.25, 0.3) is 5.91 Å². The van der Waals surface area contributed by atoms with Gasteiger partial charge in [-0.25, -0.2) is 0 Å². The van der Waals surface area contributed by atoms with E-state index in [9.17, 15) is 9.59 Å². The fourth-order valence-electron chi connectivity index (χ4n) is 2.49. The highest BCUT2D eigenvalue weighted by Gasteiger charge is 2.15. The molecule has 0 aliphatic heterocycles. The Hall–Kier alpha value is -3.14. The highest BCUT2D eigenvalue weighted by Crippen LogP contribution is 2.12. The summed E-state index contributed by atoms with van der Waals surface area (Å²) in [4.78, 5) is 25.0. The standard InChI is InChI=1S/C20H16ClN3O3/c21-15-9-7-13(8-10-15)12-22-20(27)18-19(26)16-6-3-5-14(4-1-2-11-25)17(16)23-24-18/h3,5-10,25H,2,11-12H2,(H,22,27)(H,23,26). The molecule has 0 radical (unpaired) electrons. The van der Waals surface area contributed by atoms with Gasteiger partial charge in [0.2, 0.25) is 5.43 Å². The number of H-pyrrole nitrogens is 1. The summed E-state index contributed by atoms with van der Waals surface area (Å²) in [6.07, 6.45) is 0.333. The summed E-state index contributed by atoms with van der Waals surface area (Å²) in [6.45, 7) is 0.215. The number of rotatable bonds is 4. The molecule has 0 aliphatic carbocycles. The number of fused-ring (bicyclic) bond motifs is 1. The predicted octanol–water partition coefficient (Wildman–Crippen LogP) is 2.24. The fourth-order valence-corrected chi connectivity index (χ4v) is 2.62. The first-order valence-electron chi connectivity index (χ1n) is 8.24. The summed E-state index contributed by atoms with van der Waals surface area (Å²) in [5.74, 6) is 5.12. The molecule has 1 amide bonds. The molecule has 7 heteroatoms. The molecule has 0 bridgehead atoms. The summed E-state index contributed by atoms with van der Waals surface area (Å²) in [6, 6.07) is 12.1. The van der Waals surface area contributed by atoms with E-state index in [0.717, 1.165) is 5.56 Å². The zero-order chi connectivity index (χ0) is 19.2. The van der Waals surface area contributed by atoms with Crippen molar-refractivity contribution in [3.63, 3.8) is 0 Å². The Balaban J connectivity index is 1.86. The Labute approximate surface area is 160 Å². The SMILES string of the molecule is O=C(NCc1ccc(Cl)cc1)c1n[nH]c2c(C#CCCO)cccc2c1=O. The van der Waals surface area contributed by atoms with Crippen LogP contribution in [-0.2, 0) is 6.54 Å². The molecule has 0 saturated heterocycles. The van der Waals surface area contributed by atoms with Crippen LogP contribution in [0, 0.1) is 11.8 Å². The molecule has 0 fully saturated rings. The third-order valence-corrected chi connectivity index (χ3v) is 4.10. The maximum absolute atomic E-state index is 12.7. The first kappa shape index (κ1) is 18.6. The number of carbonyl (C=O) groups is 1. The van der Waals surface area contributed by atoms with Crippen LogP contribution < -0.4 is 10.7 Å². The van der Waals surface area contributed by atoms with Crippen LogP contribution in [0.4, 0.5) is 0 Å². The van der Waals surface area contributed by atoms with E-state index in [1.165, 1.54) is 0 Å². The van der Waals surface area contributed by atoms with Crippen LogP contribution in [0.2, 0.25) is 5.02 Å². The van der Waals surface area contributed by atoms with Gasteiger partial charge in [-0.2, -0.15) is 5.10 Å². The quantitative estimate of drug-likeness (QED) is 0.604. The van der Waals surface area contributed by atoms with Gasteiger partial charge in [-0.05, 0) is 29.8 Å². The van der Waals surface area contributed by atoms with Gasteiger partial charge in [0, 0.05) is 18.0 Å². The van der Waals surface area contributed by atoms with Crippen LogP contribution in [0.25, 0.3) is 10.9 Å². The molecule has 0 spiro atoms. The number of hydrogen-bond acceptors (Lipinski definition) is 4. The molecule has 1 heterocycles. The largest absolute Gasteiger partial charge is 0.395 e. The number of amides is 1. The van der Waals surface area contributed by atoms with Gasteiger partial charge in [-0.3, -0.25) is 14.7 Å². The number of aromatic nitrogens is 2. The minimum absolute atomic E-state index is 0.0372. The zero-order valence-corrected chi connectivity index (χ0v) is 15.0. The van der Waals surface area contributed by atoms with E-state index in [-0.39, 0.29) is 18.8 Å². The molecule has 3 N–H and O–H groups in total. The Morgan fingerprint density at radius 3 is 2.74 bits per heavy atom. The van der Waals surface area contributed by atoms with Crippen LogP contribution in [0.1, 0.15) is 28.0 Å². The normalized spacial score (nSPS) is 10.3. The lowest BCUT2D eigenvalue weighted by molar-refractivity contribution is 0.0944. The number of benzene rings is 2. The van der Waals surface area contributed by atoms with Gasteiger partial charge < -0.3 is 10.4 Å². The van der Waals surface area contributed by atoms with Gasteiger partial charge >= 0.3 is 0 Å². The van der Waals surface area contributed by atoms with E-state index in [2.05, 4.69) is 27.4 Å². The van der Waals surface area contributed by atoms with Crippen LogP contribution >= 0.6 is 11.6 Å². The lowest BCUT2D eigenvalue weighted by atomic mass is 10.1. The number of aliphatic hydroxyl groups is 1. The minimum atomic E-state index is -0.565. The average molecular weight is 382 g/mol. The first-order chi connectivity index (χ1) is 13.1. The van der Waals surface area contributed by atoms with Crippen molar-refractivity contribution in [2.45, 2.75) is 13.0 Å². The number of carbonyl (C=O) groups excluding carboxylic acids is 1. The number of nitrogens with zero attached hydrogens (tertiary/aromatic N) is 1. The van der Waals surface area contributed by atoms with Crippen LogP contribution in [0.15, 0.2) is 47.3 Å². The third-order valence-electron chi connectivity index (χ3n) is 3.84. The molecule has 0 unspecified atom stereocenters. The molecule has 3 rings (SSSR count). The molecule has 6 nitrogen and oxygen atoms in total. The lowest BCUT2D eigenvalue weighted by Gasteiger charge is -2.06. The van der Waals surface area contributed by atoms with Crippen LogP contribution in [-0.4, -0.2) is 27.8 Å². The Morgan fingerprint density at radius 2 is 2.00 bits per heavy atom. The number of para-hydroxylation sites is 1. The van der Waals surface area contributed by atoms with Gasteiger partial charge in [0.1, 0.15) is 0 Å². The summed E-state index contributed by atoms with van der Waals surface area (Å²) in [7, 11) is 0. The third kappa shape index (κ3) is 4.34. The lowest BCUT2D eigenvalue weighted by Crippen LogP contribution is -2.30. The molecule has 0 aliphatic rings. The second-order valence-electron chi connectivity index (χ2n) is 5.71. The minimum Gasteiger partial charge on any atom is -0.395 e. The summed E-state index contributed by atoms with van der Waals surface area (Å²) >= 11 is 5.83. The van der Waals surface area contributed by atoms with E-state index in [1.807, 2.05) is 0 Å². The second kappa shape index (κ2) is 8.49. The van der Waals surface area contributed by atoms with Crippen molar-refractivity contribution < 1.29 is 9.90 Å². The Kier molecular flexibility index (Phi) is 5.87. The molecular weight excluding hydrogens is 366 g/mol. The van der Waals surface area contributed by atoms with E-state index in [1.54, 1.807) is 42.5 Å². The number of nitrogens with one attached hydrogen (secondary N) is 2. The monoisotopic (exact) mass is 381 g/mol. The number of hydrogen-bond donors (Lipinski definition) is 3. The van der Waals surface area contributed by atoms with Gasteiger partial charge in [-0.15, -0.1) is 0 Å². The van der Waals surface area contributed by atoms with E-state index in [4.69, 9.17) is 16.7 Å². The fraction of sp³-hybridized carbons (Fsp3) is 0.150. The molecule has 27 heavy (non-hydrogen) atoms. The van der Waals surface area contributed by atoms with Crippen LogP contribution in [0.3, 0.4) is 0 Å². The zero-order valence-electron chi connectivity index (χ0n) is 14.3. The van der Waals surface area contributed by atoms with E-state index >= 15 is 0 Å². The van der Waals surface area contributed by atoms with Gasteiger partial charge in [0.05, 0.1) is 23.1 Å². The second-order valence-corrected chi connectivity index (χ2v) is 6.15. The molecule has 0 atom stereocenters. The number of halogens is 1. The molecule has 2 aromatic carbocycles. The van der Waals surface area contributed by atoms with Crippen molar-refractivity contribution in [3.05, 3.63) is 74.5 Å². The smallest absolute Gasteiger partial charge is 0.276 e. The Morgan fingerprint density at radius 1 is 1.22 bits per heavy atom. The maximum Gasteiger partial charge on any atom is 0.276 e. The predicted molar refractivity (Wildman–Crippen MR) is 104 cm³/mol. The number of aliphatic hydroxyl groups excluding tert-OH is 1. The topological polar surface area (TPSA) is 95.1 Å². The highest BCUT2D eigenvalue weighted by atomic mass is 35.5. The van der Waals surface area contributed by atoms with E-state index < -0.39 is 11.3 Å². The highest BCUT2D eigenvalue weighted by molar-refractivity contribution is 6.30. The molecule has 3 aromatic rings. The average Bonchev–Trinajstić information content (AvgIpc) is 2.68.